The van der Waals surface area contributed by atoms with Gasteiger partial charge in [0.15, 0.2) is 0 Å². The Morgan fingerprint density at radius 2 is 2.33 bits per heavy atom. The van der Waals surface area contributed by atoms with Crippen LogP contribution < -0.4 is 15.4 Å². The first kappa shape index (κ1) is 12.8. The molecule has 1 aromatic heterocycles. The average molecular weight is 249 g/mol. The Labute approximate surface area is 107 Å². The number of amides is 1. The number of carbonyl (C=O) groups is 1. The summed E-state index contributed by atoms with van der Waals surface area (Å²) in [4.78, 5) is 15.6. The molecule has 1 amide bonds. The quantitative estimate of drug-likeness (QED) is 0.747. The molecule has 2 N–H and O–H groups in total. The Hall–Kier alpha value is -1.62. The number of hydrogen-bond acceptors (Lipinski definition) is 4. The molecule has 2 rings (SSSR count). The zero-order chi connectivity index (χ0) is 12.8. The molecule has 1 aromatic rings. The van der Waals surface area contributed by atoms with Crippen molar-refractivity contribution in [3.8, 4) is 5.88 Å². The smallest absolute Gasteiger partial charge is 0.234 e. The van der Waals surface area contributed by atoms with Crippen molar-refractivity contribution in [1.29, 1.82) is 0 Å². The highest BCUT2D eigenvalue weighted by molar-refractivity contribution is 5.77. The SMILES string of the molecule is COc1ccc(CNC(=O)CNCC2CC2)cn1. The van der Waals surface area contributed by atoms with Crippen LogP contribution in [0.25, 0.3) is 0 Å². The summed E-state index contributed by atoms with van der Waals surface area (Å²) in [5.41, 5.74) is 0.964. The van der Waals surface area contributed by atoms with Crippen molar-refractivity contribution < 1.29 is 9.53 Å². The fourth-order valence-electron chi connectivity index (χ4n) is 1.61. The van der Waals surface area contributed by atoms with Crippen LogP contribution in [-0.4, -0.2) is 31.1 Å². The van der Waals surface area contributed by atoms with Gasteiger partial charge in [0, 0.05) is 18.8 Å². The molecule has 0 aromatic carbocycles. The number of carbonyl (C=O) groups excluding carboxylic acids is 1. The predicted molar refractivity (Wildman–Crippen MR) is 68.2 cm³/mol. The van der Waals surface area contributed by atoms with Gasteiger partial charge >= 0.3 is 0 Å². The van der Waals surface area contributed by atoms with Gasteiger partial charge in [-0.1, -0.05) is 6.07 Å². The molecule has 1 aliphatic carbocycles. The molecule has 0 radical (unpaired) electrons. The molecule has 0 saturated heterocycles. The molecular formula is C13H19N3O2. The lowest BCUT2D eigenvalue weighted by Crippen LogP contribution is -2.34. The average Bonchev–Trinajstić information content (AvgIpc) is 3.21. The number of pyridine rings is 1. The molecule has 0 aliphatic heterocycles. The van der Waals surface area contributed by atoms with Gasteiger partial charge in [0.1, 0.15) is 0 Å². The van der Waals surface area contributed by atoms with Crippen molar-refractivity contribution in [3.63, 3.8) is 0 Å². The van der Waals surface area contributed by atoms with E-state index in [9.17, 15) is 4.79 Å². The zero-order valence-corrected chi connectivity index (χ0v) is 10.6. The highest BCUT2D eigenvalue weighted by atomic mass is 16.5. The number of methoxy groups -OCH3 is 1. The first-order valence-corrected chi connectivity index (χ1v) is 6.24. The highest BCUT2D eigenvalue weighted by Crippen LogP contribution is 2.27. The molecule has 0 atom stereocenters. The van der Waals surface area contributed by atoms with Crippen LogP contribution in [0.5, 0.6) is 5.88 Å². The summed E-state index contributed by atoms with van der Waals surface area (Å²) in [6.07, 6.45) is 4.30. The summed E-state index contributed by atoms with van der Waals surface area (Å²) in [7, 11) is 1.58. The van der Waals surface area contributed by atoms with Gasteiger partial charge in [0.25, 0.3) is 0 Å². The lowest BCUT2D eigenvalue weighted by atomic mass is 10.3. The second kappa shape index (κ2) is 6.35. The van der Waals surface area contributed by atoms with E-state index < -0.39 is 0 Å². The largest absolute Gasteiger partial charge is 0.481 e. The van der Waals surface area contributed by atoms with E-state index in [2.05, 4.69) is 15.6 Å². The third-order valence-electron chi connectivity index (χ3n) is 2.91. The number of ether oxygens (including phenoxy) is 1. The minimum absolute atomic E-state index is 0.0199. The lowest BCUT2D eigenvalue weighted by Gasteiger charge is -2.06. The van der Waals surface area contributed by atoms with Crippen molar-refractivity contribution in [2.75, 3.05) is 20.2 Å². The van der Waals surface area contributed by atoms with E-state index in [0.717, 1.165) is 18.0 Å². The fraction of sp³-hybridized carbons (Fsp3) is 0.538. The van der Waals surface area contributed by atoms with Crippen molar-refractivity contribution >= 4 is 5.91 Å². The molecule has 5 nitrogen and oxygen atoms in total. The van der Waals surface area contributed by atoms with Crippen molar-refractivity contribution in [1.82, 2.24) is 15.6 Å². The van der Waals surface area contributed by atoms with E-state index in [-0.39, 0.29) is 5.91 Å². The molecule has 1 aliphatic rings. The third-order valence-corrected chi connectivity index (χ3v) is 2.91. The minimum Gasteiger partial charge on any atom is -0.481 e. The topological polar surface area (TPSA) is 63.2 Å². The number of aromatic nitrogens is 1. The summed E-state index contributed by atoms with van der Waals surface area (Å²) in [6, 6.07) is 3.68. The Morgan fingerprint density at radius 1 is 1.50 bits per heavy atom. The standard InChI is InChI=1S/C13H19N3O2/c1-18-13-5-4-11(8-16-13)7-15-12(17)9-14-6-10-2-3-10/h4-5,8,10,14H,2-3,6-7,9H2,1H3,(H,15,17). The molecule has 1 saturated carbocycles. The number of hydrogen-bond donors (Lipinski definition) is 2. The van der Waals surface area contributed by atoms with Gasteiger partial charge < -0.3 is 15.4 Å². The van der Waals surface area contributed by atoms with Gasteiger partial charge in [0.05, 0.1) is 13.7 Å². The van der Waals surface area contributed by atoms with Gasteiger partial charge in [0.2, 0.25) is 11.8 Å². The molecular weight excluding hydrogens is 230 g/mol. The maximum Gasteiger partial charge on any atom is 0.234 e. The highest BCUT2D eigenvalue weighted by Gasteiger charge is 2.20. The summed E-state index contributed by atoms with van der Waals surface area (Å²) in [5, 5.41) is 6.00. The van der Waals surface area contributed by atoms with E-state index in [1.54, 1.807) is 19.4 Å². The lowest BCUT2D eigenvalue weighted by molar-refractivity contribution is -0.120. The second-order valence-electron chi connectivity index (χ2n) is 4.56. The first-order valence-electron chi connectivity index (χ1n) is 6.24. The van der Waals surface area contributed by atoms with Crippen LogP contribution in [0.3, 0.4) is 0 Å². The maximum absolute atomic E-state index is 11.5. The van der Waals surface area contributed by atoms with Crippen LogP contribution in [-0.2, 0) is 11.3 Å². The number of nitrogens with one attached hydrogen (secondary N) is 2. The van der Waals surface area contributed by atoms with E-state index in [1.165, 1.54) is 12.8 Å². The fourth-order valence-corrected chi connectivity index (χ4v) is 1.61. The van der Waals surface area contributed by atoms with Gasteiger partial charge in [-0.15, -0.1) is 0 Å². The molecule has 0 spiro atoms. The van der Waals surface area contributed by atoms with Gasteiger partial charge in [-0.05, 0) is 30.9 Å². The van der Waals surface area contributed by atoms with E-state index in [0.29, 0.717) is 19.0 Å². The van der Waals surface area contributed by atoms with E-state index in [1.807, 2.05) is 6.07 Å². The maximum atomic E-state index is 11.5. The molecule has 0 unspecified atom stereocenters. The van der Waals surface area contributed by atoms with Crippen molar-refractivity contribution in [3.05, 3.63) is 23.9 Å². The monoisotopic (exact) mass is 249 g/mol. The van der Waals surface area contributed by atoms with Gasteiger partial charge in [-0.2, -0.15) is 0 Å². The zero-order valence-electron chi connectivity index (χ0n) is 10.6. The van der Waals surface area contributed by atoms with Crippen molar-refractivity contribution in [2.45, 2.75) is 19.4 Å². The van der Waals surface area contributed by atoms with Crippen LogP contribution in [0.4, 0.5) is 0 Å². The molecule has 1 fully saturated rings. The molecule has 1 heterocycles. The van der Waals surface area contributed by atoms with Crippen LogP contribution in [0.15, 0.2) is 18.3 Å². The molecule has 0 bridgehead atoms. The van der Waals surface area contributed by atoms with E-state index in [4.69, 9.17) is 4.74 Å². The summed E-state index contributed by atoms with van der Waals surface area (Å²) >= 11 is 0. The van der Waals surface area contributed by atoms with Crippen LogP contribution >= 0.6 is 0 Å². The Balaban J connectivity index is 1.64. The molecule has 5 heteroatoms. The van der Waals surface area contributed by atoms with E-state index >= 15 is 0 Å². The summed E-state index contributed by atoms with van der Waals surface area (Å²) < 4.78 is 4.97. The van der Waals surface area contributed by atoms with Gasteiger partial charge in [-0.3, -0.25) is 4.79 Å². The number of nitrogens with zero attached hydrogens (tertiary/aromatic N) is 1. The Bertz CT molecular complexity index is 388. The van der Waals surface area contributed by atoms with Crippen LogP contribution in [0.1, 0.15) is 18.4 Å². The molecule has 98 valence electrons. The normalized spacial score (nSPS) is 14.3. The Kier molecular flexibility index (Phi) is 4.52. The predicted octanol–water partition coefficient (Wildman–Crippen LogP) is 0.706. The summed E-state index contributed by atoms with van der Waals surface area (Å²) in [6.45, 7) is 1.85. The second-order valence-corrected chi connectivity index (χ2v) is 4.56. The molecule has 18 heavy (non-hydrogen) atoms. The first-order chi connectivity index (χ1) is 8.78. The van der Waals surface area contributed by atoms with Crippen LogP contribution in [0.2, 0.25) is 0 Å². The Morgan fingerprint density at radius 3 is 2.94 bits per heavy atom. The van der Waals surface area contributed by atoms with Crippen LogP contribution in [0, 0.1) is 5.92 Å². The summed E-state index contributed by atoms with van der Waals surface area (Å²) in [5.74, 6) is 1.39. The third kappa shape index (κ3) is 4.33. The number of rotatable bonds is 7. The van der Waals surface area contributed by atoms with Crippen molar-refractivity contribution in [2.24, 2.45) is 5.92 Å². The minimum atomic E-state index is 0.0199. The van der Waals surface area contributed by atoms with Gasteiger partial charge in [-0.25, -0.2) is 4.98 Å².